The van der Waals surface area contributed by atoms with E-state index in [2.05, 4.69) is 53.8 Å². The third kappa shape index (κ3) is 9.64. The van der Waals surface area contributed by atoms with Crippen LogP contribution in [-0.2, 0) is 0 Å². The standard InChI is InChI=1S/C27H55N/c1-8-12-13-14-15-22(5)19-24(10-3)20-27(7,18-9-2)23(6)28-21-25(11-4)26-16-17-26/h22-26,28H,8-21H2,1-7H3. The Labute approximate surface area is 179 Å². The van der Waals surface area contributed by atoms with Crippen LogP contribution in [0.2, 0.25) is 0 Å². The Kier molecular flexibility index (Phi) is 13.0. The summed E-state index contributed by atoms with van der Waals surface area (Å²) in [6.45, 7) is 18.3. The number of hydrogen-bond donors (Lipinski definition) is 1. The van der Waals surface area contributed by atoms with Gasteiger partial charge in [-0.2, -0.15) is 0 Å². The highest BCUT2D eigenvalue weighted by Crippen LogP contribution is 2.40. The van der Waals surface area contributed by atoms with Gasteiger partial charge in [0, 0.05) is 6.04 Å². The van der Waals surface area contributed by atoms with Crippen molar-refractivity contribution < 1.29 is 0 Å². The van der Waals surface area contributed by atoms with Gasteiger partial charge in [0.2, 0.25) is 0 Å². The molecule has 0 amide bonds. The van der Waals surface area contributed by atoms with E-state index in [1.165, 1.54) is 90.0 Å². The fourth-order valence-corrected chi connectivity index (χ4v) is 5.51. The first-order valence-corrected chi connectivity index (χ1v) is 13.1. The molecule has 5 unspecified atom stereocenters. The van der Waals surface area contributed by atoms with Gasteiger partial charge in [-0.3, -0.25) is 0 Å². The Morgan fingerprint density at radius 2 is 1.64 bits per heavy atom. The highest BCUT2D eigenvalue weighted by Gasteiger charge is 2.35. The third-order valence-corrected chi connectivity index (χ3v) is 7.98. The normalized spacial score (nSPS) is 21.1. The summed E-state index contributed by atoms with van der Waals surface area (Å²) in [5, 5.41) is 4.01. The second kappa shape index (κ2) is 14.1. The van der Waals surface area contributed by atoms with E-state index in [9.17, 15) is 0 Å². The summed E-state index contributed by atoms with van der Waals surface area (Å²) in [4.78, 5) is 0. The minimum Gasteiger partial charge on any atom is -0.313 e. The molecule has 0 aliphatic heterocycles. The molecule has 1 aliphatic rings. The van der Waals surface area contributed by atoms with Crippen molar-refractivity contribution in [3.63, 3.8) is 0 Å². The van der Waals surface area contributed by atoms with E-state index in [1.54, 1.807) is 0 Å². The number of rotatable bonds is 18. The molecule has 0 bridgehead atoms. The lowest BCUT2D eigenvalue weighted by Gasteiger charge is -2.40. The molecule has 0 aromatic rings. The molecule has 1 aliphatic carbocycles. The molecular weight excluding hydrogens is 338 g/mol. The summed E-state index contributed by atoms with van der Waals surface area (Å²) < 4.78 is 0. The maximum absolute atomic E-state index is 4.01. The fraction of sp³-hybridized carbons (Fsp3) is 1.00. The zero-order chi connectivity index (χ0) is 21.0. The minimum atomic E-state index is 0.444. The van der Waals surface area contributed by atoms with Crippen LogP contribution < -0.4 is 5.32 Å². The van der Waals surface area contributed by atoms with Crippen molar-refractivity contribution >= 4 is 0 Å². The summed E-state index contributed by atoms with van der Waals surface area (Å²) in [5.74, 6) is 3.74. The summed E-state index contributed by atoms with van der Waals surface area (Å²) >= 11 is 0. The lowest BCUT2D eigenvalue weighted by Crippen LogP contribution is -2.44. The monoisotopic (exact) mass is 393 g/mol. The molecule has 0 radical (unpaired) electrons. The third-order valence-electron chi connectivity index (χ3n) is 7.98. The van der Waals surface area contributed by atoms with E-state index in [0.717, 1.165) is 23.7 Å². The molecule has 0 heterocycles. The van der Waals surface area contributed by atoms with Gasteiger partial charge in [0.25, 0.3) is 0 Å². The zero-order valence-electron chi connectivity index (χ0n) is 20.8. The lowest BCUT2D eigenvalue weighted by molar-refractivity contribution is 0.138. The van der Waals surface area contributed by atoms with Crippen LogP contribution in [0.25, 0.3) is 0 Å². The van der Waals surface area contributed by atoms with Gasteiger partial charge in [-0.05, 0) is 74.7 Å². The van der Waals surface area contributed by atoms with Gasteiger partial charge in [0.15, 0.2) is 0 Å². The van der Waals surface area contributed by atoms with Crippen molar-refractivity contribution in [2.24, 2.45) is 29.1 Å². The lowest BCUT2D eigenvalue weighted by atomic mass is 9.70. The Morgan fingerprint density at radius 3 is 2.18 bits per heavy atom. The molecule has 168 valence electrons. The van der Waals surface area contributed by atoms with Crippen LogP contribution in [0.5, 0.6) is 0 Å². The van der Waals surface area contributed by atoms with Gasteiger partial charge in [0.1, 0.15) is 0 Å². The number of hydrogen-bond acceptors (Lipinski definition) is 1. The average Bonchev–Trinajstić information content (AvgIpc) is 3.50. The summed E-state index contributed by atoms with van der Waals surface area (Å²) in [6, 6.07) is 0.633. The summed E-state index contributed by atoms with van der Waals surface area (Å²) in [7, 11) is 0. The molecule has 1 nitrogen and oxygen atoms in total. The highest BCUT2D eigenvalue weighted by atomic mass is 14.9. The van der Waals surface area contributed by atoms with Crippen LogP contribution >= 0.6 is 0 Å². The van der Waals surface area contributed by atoms with E-state index >= 15 is 0 Å². The van der Waals surface area contributed by atoms with Crippen molar-refractivity contribution in [2.75, 3.05) is 6.54 Å². The number of unbranched alkanes of at least 4 members (excludes halogenated alkanes) is 3. The molecule has 1 fully saturated rings. The zero-order valence-corrected chi connectivity index (χ0v) is 20.8. The van der Waals surface area contributed by atoms with Crippen molar-refractivity contribution in [3.8, 4) is 0 Å². The fourth-order valence-electron chi connectivity index (χ4n) is 5.51. The predicted octanol–water partition coefficient (Wildman–Crippen LogP) is 8.62. The molecule has 0 saturated heterocycles. The summed E-state index contributed by atoms with van der Waals surface area (Å²) in [5.41, 5.74) is 0.444. The van der Waals surface area contributed by atoms with Crippen LogP contribution in [0.1, 0.15) is 132 Å². The Balaban J connectivity index is 2.54. The SMILES string of the molecule is CCCCCCC(C)CC(CC)CC(C)(CCC)C(C)NCC(CC)C1CC1. The molecule has 1 N–H and O–H groups in total. The Hall–Kier alpha value is -0.0400. The molecule has 5 atom stereocenters. The molecule has 1 saturated carbocycles. The summed E-state index contributed by atoms with van der Waals surface area (Å²) in [6.07, 6.45) is 18.3. The second-order valence-corrected chi connectivity index (χ2v) is 10.7. The number of nitrogens with one attached hydrogen (secondary N) is 1. The van der Waals surface area contributed by atoms with Crippen molar-refractivity contribution in [1.82, 2.24) is 5.32 Å². The second-order valence-electron chi connectivity index (χ2n) is 10.7. The van der Waals surface area contributed by atoms with E-state index in [4.69, 9.17) is 0 Å². The van der Waals surface area contributed by atoms with Crippen LogP contribution in [0.15, 0.2) is 0 Å². The molecule has 0 aromatic carbocycles. The van der Waals surface area contributed by atoms with Gasteiger partial charge in [0.05, 0.1) is 0 Å². The van der Waals surface area contributed by atoms with Gasteiger partial charge < -0.3 is 5.32 Å². The van der Waals surface area contributed by atoms with Crippen molar-refractivity contribution in [1.29, 1.82) is 0 Å². The molecule has 28 heavy (non-hydrogen) atoms. The molecule has 0 aromatic heterocycles. The van der Waals surface area contributed by atoms with Gasteiger partial charge in [-0.25, -0.2) is 0 Å². The maximum atomic E-state index is 4.01. The van der Waals surface area contributed by atoms with E-state index in [1.807, 2.05) is 0 Å². The Bertz CT molecular complexity index is 374. The molecule has 1 rings (SSSR count). The van der Waals surface area contributed by atoms with Crippen molar-refractivity contribution in [2.45, 2.75) is 138 Å². The van der Waals surface area contributed by atoms with Gasteiger partial charge >= 0.3 is 0 Å². The van der Waals surface area contributed by atoms with Crippen LogP contribution in [0.3, 0.4) is 0 Å². The topological polar surface area (TPSA) is 12.0 Å². The minimum absolute atomic E-state index is 0.444. The van der Waals surface area contributed by atoms with Crippen LogP contribution in [0, 0.1) is 29.1 Å². The maximum Gasteiger partial charge on any atom is 0.00927 e. The van der Waals surface area contributed by atoms with Crippen LogP contribution in [-0.4, -0.2) is 12.6 Å². The largest absolute Gasteiger partial charge is 0.313 e. The molecule has 0 spiro atoms. The molecular formula is C27H55N. The smallest absolute Gasteiger partial charge is 0.00927 e. The Morgan fingerprint density at radius 1 is 0.929 bits per heavy atom. The van der Waals surface area contributed by atoms with E-state index < -0.39 is 0 Å². The quantitative estimate of drug-likeness (QED) is 0.230. The highest BCUT2D eigenvalue weighted by molar-refractivity contribution is 4.89. The first kappa shape index (κ1) is 26.0. The first-order chi connectivity index (χ1) is 13.4. The van der Waals surface area contributed by atoms with E-state index in [-0.39, 0.29) is 0 Å². The predicted molar refractivity (Wildman–Crippen MR) is 128 cm³/mol. The molecule has 1 heteroatoms. The van der Waals surface area contributed by atoms with E-state index in [0.29, 0.717) is 11.5 Å². The van der Waals surface area contributed by atoms with Crippen molar-refractivity contribution in [3.05, 3.63) is 0 Å². The average molecular weight is 394 g/mol. The van der Waals surface area contributed by atoms with Gasteiger partial charge in [-0.15, -0.1) is 0 Å². The van der Waals surface area contributed by atoms with Gasteiger partial charge in [-0.1, -0.05) is 92.9 Å². The first-order valence-electron chi connectivity index (χ1n) is 13.1. The van der Waals surface area contributed by atoms with Crippen LogP contribution in [0.4, 0.5) is 0 Å².